The monoisotopic (exact) mass is 719 g/mol. The smallest absolute Gasteiger partial charge is 0.419 e. The molecule has 2 heterocycles. The third-order valence-corrected chi connectivity index (χ3v) is 7.73. The second-order valence-electron chi connectivity index (χ2n) is 15.9. The molecule has 0 spiro atoms. The van der Waals surface area contributed by atoms with E-state index in [2.05, 4.69) is 10.3 Å². The summed E-state index contributed by atoms with van der Waals surface area (Å²) < 4.78 is 24.9. The first-order valence-corrected chi connectivity index (χ1v) is 17.7. The third kappa shape index (κ3) is 10.7. The standard InChI is InChI=1S/C43H49N3O7/c1-41(2,3)51-38(47)24-32-14-10-11-16-37(32)50-27-29-22-33(31-15-12-13-28(21-31)26-45-39(48)52-42(4,5)6)34-25-35(30-17-19-44-20-18-30)46(36(34)23-29)40(49)53-43(7,8)9/h10-23,25H,24,26-27H2,1-9H3,(H,45,48). The number of hydrogen-bond acceptors (Lipinski definition) is 8. The third-order valence-electron chi connectivity index (χ3n) is 7.73. The number of alkyl carbamates (subject to hydrolysis) is 1. The second-order valence-corrected chi connectivity index (χ2v) is 15.9. The van der Waals surface area contributed by atoms with Crippen LogP contribution in [0.3, 0.4) is 0 Å². The molecule has 0 aliphatic carbocycles. The molecule has 1 N–H and O–H groups in total. The number of carbonyl (C=O) groups excluding carboxylic acids is 3. The number of esters is 1. The fourth-order valence-electron chi connectivity index (χ4n) is 5.75. The molecule has 0 unspecified atom stereocenters. The Labute approximate surface area is 311 Å². The number of benzene rings is 3. The molecule has 0 saturated heterocycles. The molecule has 0 fully saturated rings. The predicted octanol–water partition coefficient (Wildman–Crippen LogP) is 9.64. The topological polar surface area (TPSA) is 118 Å². The molecule has 0 saturated carbocycles. The first kappa shape index (κ1) is 38.6. The van der Waals surface area contributed by atoms with Crippen LogP contribution >= 0.6 is 0 Å². The molecule has 10 nitrogen and oxygen atoms in total. The number of rotatable bonds is 9. The van der Waals surface area contributed by atoms with Gasteiger partial charge in [0, 0.05) is 35.5 Å². The number of hydrogen-bond donors (Lipinski definition) is 1. The van der Waals surface area contributed by atoms with Gasteiger partial charge in [-0.25, -0.2) is 14.2 Å². The van der Waals surface area contributed by atoms with E-state index in [1.807, 2.05) is 141 Å². The Hall–Kier alpha value is -5.64. The van der Waals surface area contributed by atoms with Gasteiger partial charge in [0.15, 0.2) is 0 Å². The van der Waals surface area contributed by atoms with E-state index >= 15 is 0 Å². The van der Waals surface area contributed by atoms with Crippen LogP contribution in [0.5, 0.6) is 5.75 Å². The Morgan fingerprint density at radius 1 is 0.698 bits per heavy atom. The van der Waals surface area contributed by atoms with Crippen LogP contribution in [-0.4, -0.2) is 44.5 Å². The fraction of sp³-hybridized carbons (Fsp3) is 0.349. The van der Waals surface area contributed by atoms with Crippen LogP contribution in [0.25, 0.3) is 33.3 Å². The summed E-state index contributed by atoms with van der Waals surface area (Å²) in [6.45, 7) is 16.8. The van der Waals surface area contributed by atoms with Crippen LogP contribution in [-0.2, 0) is 38.6 Å². The lowest BCUT2D eigenvalue weighted by atomic mass is 9.97. The first-order chi connectivity index (χ1) is 24.8. The fourth-order valence-corrected chi connectivity index (χ4v) is 5.75. The minimum atomic E-state index is -0.750. The molecular weight excluding hydrogens is 670 g/mol. The van der Waals surface area contributed by atoms with E-state index in [1.54, 1.807) is 17.0 Å². The number of carbonyl (C=O) groups is 3. The van der Waals surface area contributed by atoms with Gasteiger partial charge in [-0.1, -0.05) is 36.4 Å². The minimum Gasteiger partial charge on any atom is -0.489 e. The van der Waals surface area contributed by atoms with Gasteiger partial charge in [-0.05, 0) is 127 Å². The van der Waals surface area contributed by atoms with Gasteiger partial charge in [0.2, 0.25) is 0 Å². The van der Waals surface area contributed by atoms with Gasteiger partial charge in [-0.2, -0.15) is 0 Å². The van der Waals surface area contributed by atoms with Gasteiger partial charge >= 0.3 is 18.2 Å². The van der Waals surface area contributed by atoms with Crippen molar-refractivity contribution in [2.75, 3.05) is 0 Å². The summed E-state index contributed by atoms with van der Waals surface area (Å²) in [4.78, 5) is 43.4. The highest BCUT2D eigenvalue weighted by atomic mass is 16.6. The van der Waals surface area contributed by atoms with E-state index < -0.39 is 29.0 Å². The molecule has 0 bridgehead atoms. The Bertz CT molecular complexity index is 2100. The van der Waals surface area contributed by atoms with Crippen molar-refractivity contribution in [1.29, 1.82) is 0 Å². The molecule has 5 aromatic rings. The van der Waals surface area contributed by atoms with E-state index in [0.717, 1.165) is 33.2 Å². The minimum absolute atomic E-state index is 0.0542. The van der Waals surface area contributed by atoms with Crippen molar-refractivity contribution in [3.63, 3.8) is 0 Å². The molecule has 53 heavy (non-hydrogen) atoms. The lowest BCUT2D eigenvalue weighted by molar-refractivity contribution is -0.153. The number of fused-ring (bicyclic) bond motifs is 1. The van der Waals surface area contributed by atoms with Crippen LogP contribution in [0.4, 0.5) is 9.59 Å². The molecular formula is C43H49N3O7. The molecule has 3 aromatic carbocycles. The highest BCUT2D eigenvalue weighted by molar-refractivity contribution is 6.04. The van der Waals surface area contributed by atoms with Crippen molar-refractivity contribution < 1.29 is 33.3 Å². The Morgan fingerprint density at radius 2 is 1.38 bits per heavy atom. The number of amides is 1. The van der Waals surface area contributed by atoms with Crippen molar-refractivity contribution in [3.05, 3.63) is 108 Å². The van der Waals surface area contributed by atoms with Gasteiger partial charge in [0.05, 0.1) is 17.6 Å². The van der Waals surface area contributed by atoms with E-state index in [4.69, 9.17) is 18.9 Å². The van der Waals surface area contributed by atoms with Gasteiger partial charge in [0.1, 0.15) is 29.2 Å². The summed E-state index contributed by atoms with van der Waals surface area (Å²) >= 11 is 0. The largest absolute Gasteiger partial charge is 0.489 e. The van der Waals surface area contributed by atoms with Crippen molar-refractivity contribution in [3.8, 4) is 28.1 Å². The summed E-state index contributed by atoms with van der Waals surface area (Å²) in [5, 5.41) is 3.65. The summed E-state index contributed by atoms with van der Waals surface area (Å²) in [5.74, 6) is 0.201. The summed E-state index contributed by atoms with van der Waals surface area (Å²) in [5.41, 5.74) is 4.13. The Kier molecular flexibility index (Phi) is 11.3. The molecule has 278 valence electrons. The molecule has 2 aromatic heterocycles. The Morgan fingerprint density at radius 3 is 2.06 bits per heavy atom. The van der Waals surface area contributed by atoms with Gasteiger partial charge < -0.3 is 24.3 Å². The van der Waals surface area contributed by atoms with Crippen molar-refractivity contribution in [1.82, 2.24) is 14.9 Å². The predicted molar refractivity (Wildman–Crippen MR) is 206 cm³/mol. The average Bonchev–Trinajstić information content (AvgIpc) is 3.44. The lowest BCUT2D eigenvalue weighted by Crippen LogP contribution is -2.32. The number of pyridine rings is 1. The van der Waals surface area contributed by atoms with Crippen molar-refractivity contribution >= 4 is 29.1 Å². The number of nitrogens with zero attached hydrogens (tertiary/aromatic N) is 2. The molecule has 10 heteroatoms. The molecule has 0 aliphatic heterocycles. The Balaban J connectivity index is 1.60. The van der Waals surface area contributed by atoms with E-state index in [0.29, 0.717) is 22.5 Å². The van der Waals surface area contributed by atoms with Crippen LogP contribution in [0.2, 0.25) is 0 Å². The zero-order chi connectivity index (χ0) is 38.6. The number of nitrogens with one attached hydrogen (secondary N) is 1. The normalized spacial score (nSPS) is 11.9. The van der Waals surface area contributed by atoms with Gasteiger partial charge in [0.25, 0.3) is 0 Å². The number of ether oxygens (including phenoxy) is 4. The van der Waals surface area contributed by atoms with E-state index in [1.165, 1.54) is 0 Å². The molecule has 0 radical (unpaired) electrons. The van der Waals surface area contributed by atoms with Crippen LogP contribution < -0.4 is 10.1 Å². The highest BCUT2D eigenvalue weighted by Crippen LogP contribution is 2.37. The highest BCUT2D eigenvalue weighted by Gasteiger charge is 2.25. The summed E-state index contributed by atoms with van der Waals surface area (Å²) in [7, 11) is 0. The quantitative estimate of drug-likeness (QED) is 0.118. The average molecular weight is 720 g/mol. The maximum Gasteiger partial charge on any atom is 0.419 e. The second kappa shape index (κ2) is 15.5. The van der Waals surface area contributed by atoms with Gasteiger partial charge in [-0.15, -0.1) is 0 Å². The maximum atomic E-state index is 14.0. The zero-order valence-corrected chi connectivity index (χ0v) is 32.0. The molecule has 0 atom stereocenters. The zero-order valence-electron chi connectivity index (χ0n) is 32.0. The SMILES string of the molecule is CC(C)(C)OC(=O)Cc1ccccc1OCc1cc(-c2cccc(CNC(=O)OC(C)(C)C)c2)c2cc(-c3ccncc3)n(C(=O)OC(C)(C)C)c2c1. The molecule has 5 rings (SSSR count). The maximum absolute atomic E-state index is 14.0. The number of aromatic nitrogens is 2. The van der Waals surface area contributed by atoms with Crippen molar-refractivity contribution in [2.45, 2.75) is 98.7 Å². The number of para-hydroxylation sites is 1. The van der Waals surface area contributed by atoms with Crippen LogP contribution in [0.1, 0.15) is 79.0 Å². The first-order valence-electron chi connectivity index (χ1n) is 17.7. The van der Waals surface area contributed by atoms with Gasteiger partial charge in [-0.3, -0.25) is 9.78 Å². The van der Waals surface area contributed by atoms with Crippen LogP contribution in [0, 0.1) is 0 Å². The van der Waals surface area contributed by atoms with Crippen LogP contribution in [0.15, 0.2) is 91.3 Å². The molecule has 1 amide bonds. The molecule has 0 aliphatic rings. The lowest BCUT2D eigenvalue weighted by Gasteiger charge is -2.21. The van der Waals surface area contributed by atoms with Crippen molar-refractivity contribution in [2.24, 2.45) is 0 Å². The van der Waals surface area contributed by atoms with E-state index in [9.17, 15) is 14.4 Å². The summed E-state index contributed by atoms with van der Waals surface area (Å²) in [6, 6.07) is 24.9. The van der Waals surface area contributed by atoms with E-state index in [-0.39, 0.29) is 25.5 Å². The summed E-state index contributed by atoms with van der Waals surface area (Å²) in [6.07, 6.45) is 2.39.